The van der Waals surface area contributed by atoms with Gasteiger partial charge in [0.1, 0.15) is 0 Å². The van der Waals surface area contributed by atoms with Crippen molar-refractivity contribution in [2.45, 2.75) is 23.6 Å². The number of alkyl halides is 2. The maximum Gasteiger partial charge on any atom is 0.0466 e. The van der Waals surface area contributed by atoms with E-state index >= 15 is 0 Å². The summed E-state index contributed by atoms with van der Waals surface area (Å²) in [6, 6.07) is 20.8. The average Bonchev–Trinajstić information content (AvgIpc) is 2.49. The molecule has 0 fully saturated rings. The summed E-state index contributed by atoms with van der Waals surface area (Å²) in [7, 11) is 0. The minimum Gasteiger partial charge on any atom is -0.159 e. The summed E-state index contributed by atoms with van der Waals surface area (Å²) in [5, 5.41) is 0.330. The van der Waals surface area contributed by atoms with Gasteiger partial charge < -0.3 is 0 Å². The summed E-state index contributed by atoms with van der Waals surface area (Å²) in [6.45, 7) is 0. The number of hydrogen-bond donors (Lipinski definition) is 0. The van der Waals surface area contributed by atoms with E-state index in [2.05, 4.69) is 48.5 Å². The topological polar surface area (TPSA) is 0 Å². The quantitative estimate of drug-likeness (QED) is 0.579. The second-order valence-corrected chi connectivity index (χ2v) is 7.42. The highest BCUT2D eigenvalue weighted by Crippen LogP contribution is 2.18. The molecule has 0 bridgehead atoms. The molecule has 2 rings (SSSR count). The molecule has 0 heterocycles. The first-order valence-electron chi connectivity index (χ1n) is 7.18. The lowest BCUT2D eigenvalue weighted by molar-refractivity contribution is 0.924. The van der Waals surface area contributed by atoms with Crippen molar-refractivity contribution in [1.29, 1.82) is 0 Å². The van der Waals surface area contributed by atoms with Gasteiger partial charge in [-0.1, -0.05) is 60.7 Å². The van der Waals surface area contributed by atoms with Crippen LogP contribution in [0.3, 0.4) is 0 Å². The van der Waals surface area contributed by atoms with Crippen LogP contribution in [0.1, 0.15) is 11.1 Å². The maximum atomic E-state index is 6.40. The van der Waals surface area contributed by atoms with Gasteiger partial charge >= 0.3 is 0 Å². The van der Waals surface area contributed by atoms with Gasteiger partial charge in [0.2, 0.25) is 0 Å². The van der Waals surface area contributed by atoms with E-state index in [0.29, 0.717) is 0 Å². The van der Waals surface area contributed by atoms with Crippen molar-refractivity contribution in [2.75, 3.05) is 11.5 Å². The predicted molar refractivity (Wildman–Crippen MR) is 96.9 cm³/mol. The Hall–Kier alpha value is -0.630. The molecule has 112 valence electrons. The number of halogens is 2. The fourth-order valence-corrected chi connectivity index (χ4v) is 3.96. The van der Waals surface area contributed by atoms with Crippen molar-refractivity contribution in [1.82, 2.24) is 0 Å². The Balaban J connectivity index is 1.64. The highest BCUT2D eigenvalue weighted by molar-refractivity contribution is 7.99. The van der Waals surface area contributed by atoms with Crippen molar-refractivity contribution in [3.05, 3.63) is 71.8 Å². The molecule has 2 atom stereocenters. The summed E-state index contributed by atoms with van der Waals surface area (Å²) in [6.07, 6.45) is 1.84. The second-order valence-electron chi connectivity index (χ2n) is 5.11. The first kappa shape index (κ1) is 16.7. The van der Waals surface area contributed by atoms with E-state index in [0.717, 1.165) is 24.3 Å². The highest BCUT2D eigenvalue weighted by atomic mass is 35.5. The summed E-state index contributed by atoms with van der Waals surface area (Å²) in [4.78, 5) is 0. The van der Waals surface area contributed by atoms with Gasteiger partial charge in [-0.25, -0.2) is 0 Å². The molecule has 2 aromatic rings. The monoisotopic (exact) mass is 338 g/mol. The molecular formula is C18H20Cl2S. The smallest absolute Gasteiger partial charge is 0.0466 e. The molecule has 0 spiro atoms. The molecule has 0 aliphatic heterocycles. The van der Waals surface area contributed by atoms with E-state index in [1.807, 2.05) is 23.9 Å². The van der Waals surface area contributed by atoms with Crippen LogP contribution in [-0.2, 0) is 12.8 Å². The van der Waals surface area contributed by atoms with Gasteiger partial charge in [0.25, 0.3) is 0 Å². The normalized spacial score (nSPS) is 13.8. The van der Waals surface area contributed by atoms with E-state index in [1.54, 1.807) is 0 Å². The lowest BCUT2D eigenvalue weighted by Gasteiger charge is -2.12. The third-order valence-electron chi connectivity index (χ3n) is 3.20. The van der Waals surface area contributed by atoms with Crippen LogP contribution in [0.15, 0.2) is 60.7 Å². The van der Waals surface area contributed by atoms with Crippen LogP contribution in [0.2, 0.25) is 0 Å². The Morgan fingerprint density at radius 3 is 1.43 bits per heavy atom. The second kappa shape index (κ2) is 9.40. The van der Waals surface area contributed by atoms with Gasteiger partial charge in [-0.3, -0.25) is 0 Å². The fourth-order valence-electron chi connectivity index (χ4n) is 2.18. The SMILES string of the molecule is ClC(CSCC(Cl)Cc1ccccc1)Cc1ccccc1. The molecule has 2 aromatic carbocycles. The van der Waals surface area contributed by atoms with Crippen LogP contribution < -0.4 is 0 Å². The predicted octanol–water partition coefficient (Wildman–Crippen LogP) is 5.42. The molecule has 0 aliphatic rings. The maximum absolute atomic E-state index is 6.40. The zero-order valence-corrected chi connectivity index (χ0v) is 14.2. The molecule has 21 heavy (non-hydrogen) atoms. The molecule has 0 aromatic heterocycles. The van der Waals surface area contributed by atoms with E-state index in [4.69, 9.17) is 23.2 Å². The largest absolute Gasteiger partial charge is 0.159 e. The van der Waals surface area contributed by atoms with Crippen molar-refractivity contribution in [3.8, 4) is 0 Å². The molecule has 3 heteroatoms. The Labute approximate surface area is 141 Å². The zero-order valence-electron chi connectivity index (χ0n) is 11.9. The van der Waals surface area contributed by atoms with Crippen LogP contribution in [0.5, 0.6) is 0 Å². The Morgan fingerprint density at radius 1 is 0.667 bits per heavy atom. The summed E-state index contributed by atoms with van der Waals surface area (Å²) in [5.41, 5.74) is 2.59. The van der Waals surface area contributed by atoms with E-state index in [1.165, 1.54) is 11.1 Å². The Morgan fingerprint density at radius 2 is 1.05 bits per heavy atom. The highest BCUT2D eigenvalue weighted by Gasteiger charge is 2.10. The minimum atomic E-state index is 0.165. The summed E-state index contributed by atoms with van der Waals surface area (Å²) in [5.74, 6) is 1.88. The number of rotatable bonds is 8. The van der Waals surface area contributed by atoms with E-state index in [-0.39, 0.29) is 10.8 Å². The van der Waals surface area contributed by atoms with Crippen molar-refractivity contribution in [3.63, 3.8) is 0 Å². The molecule has 0 amide bonds. The molecule has 0 aliphatic carbocycles. The zero-order chi connectivity index (χ0) is 14.9. The van der Waals surface area contributed by atoms with Crippen molar-refractivity contribution >= 4 is 35.0 Å². The third kappa shape index (κ3) is 6.78. The molecular weight excluding hydrogens is 319 g/mol. The fraction of sp³-hybridized carbons (Fsp3) is 0.333. The van der Waals surface area contributed by atoms with Crippen LogP contribution >= 0.6 is 35.0 Å². The minimum absolute atomic E-state index is 0.165. The standard InChI is InChI=1S/C18H20Cl2S/c19-17(11-15-7-3-1-4-8-15)13-21-14-18(20)12-16-9-5-2-6-10-16/h1-10,17-18H,11-14H2. The summed E-state index contributed by atoms with van der Waals surface area (Å²) >= 11 is 14.6. The van der Waals surface area contributed by atoms with Crippen LogP contribution in [0.4, 0.5) is 0 Å². The van der Waals surface area contributed by atoms with Gasteiger partial charge in [0.05, 0.1) is 0 Å². The van der Waals surface area contributed by atoms with Crippen LogP contribution in [-0.4, -0.2) is 22.3 Å². The average molecular weight is 339 g/mol. The molecule has 0 radical (unpaired) electrons. The van der Waals surface area contributed by atoms with Crippen LogP contribution in [0.25, 0.3) is 0 Å². The third-order valence-corrected chi connectivity index (χ3v) is 5.46. The Bertz CT molecular complexity index is 454. The lowest BCUT2D eigenvalue weighted by atomic mass is 10.1. The molecule has 0 saturated carbocycles. The molecule has 0 N–H and O–H groups in total. The van der Waals surface area contributed by atoms with Gasteiger partial charge in [0.15, 0.2) is 0 Å². The van der Waals surface area contributed by atoms with E-state index < -0.39 is 0 Å². The number of thioether (sulfide) groups is 1. The summed E-state index contributed by atoms with van der Waals surface area (Å²) < 4.78 is 0. The van der Waals surface area contributed by atoms with Crippen molar-refractivity contribution < 1.29 is 0 Å². The number of hydrogen-bond acceptors (Lipinski definition) is 1. The number of benzene rings is 2. The van der Waals surface area contributed by atoms with Gasteiger partial charge in [-0.05, 0) is 24.0 Å². The Kier molecular flexibility index (Phi) is 7.49. The van der Waals surface area contributed by atoms with Crippen LogP contribution in [0, 0.1) is 0 Å². The first-order valence-corrected chi connectivity index (χ1v) is 9.20. The lowest BCUT2D eigenvalue weighted by Crippen LogP contribution is -2.11. The van der Waals surface area contributed by atoms with Gasteiger partial charge in [-0.2, -0.15) is 11.8 Å². The molecule has 0 nitrogen and oxygen atoms in total. The molecule has 2 unspecified atom stereocenters. The first-order chi connectivity index (χ1) is 10.2. The van der Waals surface area contributed by atoms with Crippen molar-refractivity contribution in [2.24, 2.45) is 0 Å². The van der Waals surface area contributed by atoms with Gasteiger partial charge in [0, 0.05) is 22.3 Å². The van der Waals surface area contributed by atoms with Gasteiger partial charge in [-0.15, -0.1) is 23.2 Å². The molecule has 0 saturated heterocycles. The van der Waals surface area contributed by atoms with E-state index in [9.17, 15) is 0 Å².